The molecule has 0 radical (unpaired) electrons. The predicted octanol–water partition coefficient (Wildman–Crippen LogP) is 6.78. The molecule has 0 aromatic heterocycles. The first-order chi connectivity index (χ1) is 16.1. The van der Waals surface area contributed by atoms with Gasteiger partial charge in [-0.1, -0.05) is 79.2 Å². The Morgan fingerprint density at radius 1 is 0.970 bits per heavy atom. The number of benzene rings is 3. The fourth-order valence-electron chi connectivity index (χ4n) is 4.98. The van der Waals surface area contributed by atoms with Crippen molar-refractivity contribution in [3.8, 4) is 0 Å². The smallest absolute Gasteiger partial charge is 0.137 e. The van der Waals surface area contributed by atoms with Crippen molar-refractivity contribution in [2.45, 2.75) is 26.3 Å². The van der Waals surface area contributed by atoms with Crippen molar-refractivity contribution in [2.75, 3.05) is 26.2 Å². The molecular formula is C29H30ClN3. The van der Waals surface area contributed by atoms with Gasteiger partial charge >= 0.3 is 0 Å². The Balaban J connectivity index is 1.66. The van der Waals surface area contributed by atoms with E-state index < -0.39 is 0 Å². The fourth-order valence-corrected chi connectivity index (χ4v) is 5.11. The number of hydrogen-bond acceptors (Lipinski definition) is 3. The summed E-state index contributed by atoms with van der Waals surface area (Å²) in [4.78, 5) is 10.3. The highest BCUT2D eigenvalue weighted by Crippen LogP contribution is 2.41. The number of nitrogens with zero attached hydrogens (tertiary/aromatic N) is 3. The number of aryl methyl sites for hydroxylation is 1. The van der Waals surface area contributed by atoms with Gasteiger partial charge in [-0.25, -0.2) is 4.99 Å². The van der Waals surface area contributed by atoms with Gasteiger partial charge in [0.05, 0.1) is 11.7 Å². The van der Waals surface area contributed by atoms with E-state index in [0.717, 1.165) is 49.1 Å². The van der Waals surface area contributed by atoms with E-state index in [4.69, 9.17) is 16.6 Å². The van der Waals surface area contributed by atoms with Crippen molar-refractivity contribution in [3.05, 3.63) is 112 Å². The van der Waals surface area contributed by atoms with Crippen LogP contribution < -0.4 is 0 Å². The number of likely N-dealkylation sites (N-methyl/N-ethyl adjacent to an activating group) is 1. The molecule has 2 aliphatic heterocycles. The zero-order valence-corrected chi connectivity index (χ0v) is 20.1. The molecule has 0 fully saturated rings. The van der Waals surface area contributed by atoms with Crippen LogP contribution in [-0.4, -0.2) is 41.8 Å². The summed E-state index contributed by atoms with van der Waals surface area (Å²) >= 11 is 6.27. The largest absolute Gasteiger partial charge is 0.341 e. The lowest BCUT2D eigenvalue weighted by Crippen LogP contribution is -2.42. The van der Waals surface area contributed by atoms with E-state index in [-0.39, 0.29) is 6.04 Å². The van der Waals surface area contributed by atoms with Crippen LogP contribution in [0, 0.1) is 6.92 Å². The van der Waals surface area contributed by atoms with E-state index in [2.05, 4.69) is 90.4 Å². The van der Waals surface area contributed by atoms with Gasteiger partial charge in [0.1, 0.15) is 5.84 Å². The van der Waals surface area contributed by atoms with Crippen LogP contribution in [0.2, 0.25) is 5.02 Å². The van der Waals surface area contributed by atoms with Gasteiger partial charge < -0.3 is 4.90 Å². The molecule has 3 nitrogen and oxygen atoms in total. The summed E-state index contributed by atoms with van der Waals surface area (Å²) in [5, 5.41) is 0.760. The second kappa shape index (κ2) is 9.54. The van der Waals surface area contributed by atoms with Gasteiger partial charge in [-0.3, -0.25) is 4.90 Å². The molecule has 3 aromatic rings. The lowest BCUT2D eigenvalue weighted by Gasteiger charge is -2.41. The SMILES string of the molecule is CCN1CCC=C(CN2C(c3ccccc3C)=Nc3ccccc3C2c2ccc(Cl)cc2)C1. The Morgan fingerprint density at radius 2 is 1.73 bits per heavy atom. The highest BCUT2D eigenvalue weighted by Gasteiger charge is 2.33. The van der Waals surface area contributed by atoms with Gasteiger partial charge in [0, 0.05) is 35.8 Å². The molecule has 33 heavy (non-hydrogen) atoms. The Labute approximate surface area is 202 Å². The number of amidine groups is 1. The first-order valence-electron chi connectivity index (χ1n) is 11.8. The minimum absolute atomic E-state index is 0.0727. The Hall–Kier alpha value is -2.88. The second-order valence-corrected chi connectivity index (χ2v) is 9.35. The Morgan fingerprint density at radius 3 is 2.52 bits per heavy atom. The molecule has 0 amide bonds. The van der Waals surface area contributed by atoms with Crippen molar-refractivity contribution in [1.29, 1.82) is 0 Å². The third-order valence-electron chi connectivity index (χ3n) is 6.74. The summed E-state index contributed by atoms with van der Waals surface area (Å²) in [6.45, 7) is 8.51. The standard InChI is InChI=1S/C29H30ClN3/c1-3-32-18-8-10-22(19-32)20-33-28(23-14-16-24(30)17-15-23)26-12-6-7-13-27(26)31-29(33)25-11-5-4-9-21(25)2/h4-7,9-17,28H,3,8,18-20H2,1-2H3. The predicted molar refractivity (Wildman–Crippen MR) is 139 cm³/mol. The number of hydrogen-bond donors (Lipinski definition) is 0. The molecule has 0 saturated carbocycles. The minimum atomic E-state index is 0.0727. The van der Waals surface area contributed by atoms with Crippen molar-refractivity contribution in [1.82, 2.24) is 9.80 Å². The van der Waals surface area contributed by atoms with Crippen molar-refractivity contribution in [2.24, 2.45) is 4.99 Å². The Kier molecular flexibility index (Phi) is 6.34. The summed E-state index contributed by atoms with van der Waals surface area (Å²) < 4.78 is 0. The van der Waals surface area contributed by atoms with E-state index in [9.17, 15) is 0 Å². The van der Waals surface area contributed by atoms with Crippen LogP contribution in [-0.2, 0) is 0 Å². The molecule has 0 saturated heterocycles. The maximum Gasteiger partial charge on any atom is 0.137 e. The van der Waals surface area contributed by atoms with Crippen molar-refractivity contribution >= 4 is 23.1 Å². The van der Waals surface area contributed by atoms with Gasteiger partial charge in [-0.05, 0) is 54.8 Å². The number of aliphatic imine (C=N–C) groups is 1. The van der Waals surface area contributed by atoms with Gasteiger partial charge in [-0.15, -0.1) is 0 Å². The summed E-state index contributed by atoms with van der Waals surface area (Å²) in [6, 6.07) is 25.5. The maximum atomic E-state index is 6.27. The van der Waals surface area contributed by atoms with Crippen LogP contribution in [0.25, 0.3) is 0 Å². The van der Waals surface area contributed by atoms with Gasteiger partial charge in [0.25, 0.3) is 0 Å². The molecule has 0 bridgehead atoms. The molecule has 3 aromatic carbocycles. The molecule has 4 heteroatoms. The van der Waals surface area contributed by atoms with E-state index in [1.807, 2.05) is 12.1 Å². The second-order valence-electron chi connectivity index (χ2n) is 8.91. The van der Waals surface area contributed by atoms with Gasteiger partial charge in [-0.2, -0.15) is 0 Å². The van der Waals surface area contributed by atoms with Crippen LogP contribution in [0.4, 0.5) is 5.69 Å². The third-order valence-corrected chi connectivity index (χ3v) is 6.99. The first kappa shape index (κ1) is 21.9. The molecule has 0 aliphatic carbocycles. The van der Waals surface area contributed by atoms with Crippen molar-refractivity contribution < 1.29 is 0 Å². The molecule has 168 valence electrons. The average Bonchev–Trinajstić information content (AvgIpc) is 2.85. The minimum Gasteiger partial charge on any atom is -0.341 e. The Bertz CT molecular complexity index is 1200. The highest BCUT2D eigenvalue weighted by molar-refractivity contribution is 6.30. The van der Waals surface area contributed by atoms with Crippen molar-refractivity contribution in [3.63, 3.8) is 0 Å². The number of halogens is 1. The van der Waals surface area contributed by atoms with E-state index in [0.29, 0.717) is 0 Å². The van der Waals surface area contributed by atoms with Crippen LogP contribution >= 0.6 is 11.6 Å². The van der Waals surface area contributed by atoms with E-state index in [1.165, 1.54) is 27.8 Å². The van der Waals surface area contributed by atoms with E-state index in [1.54, 1.807) is 0 Å². The van der Waals surface area contributed by atoms with Gasteiger partial charge in [0.2, 0.25) is 0 Å². The van der Waals surface area contributed by atoms with Crippen LogP contribution in [0.1, 0.15) is 41.6 Å². The van der Waals surface area contributed by atoms with Crippen LogP contribution in [0.15, 0.2) is 89.4 Å². The molecular weight excluding hydrogens is 426 g/mol. The lowest BCUT2D eigenvalue weighted by molar-refractivity contribution is 0.287. The summed E-state index contributed by atoms with van der Waals surface area (Å²) in [5.41, 5.74) is 7.40. The summed E-state index contributed by atoms with van der Waals surface area (Å²) in [5.74, 6) is 1.04. The van der Waals surface area contributed by atoms with Crippen LogP contribution in [0.5, 0.6) is 0 Å². The third kappa shape index (κ3) is 4.48. The highest BCUT2D eigenvalue weighted by atomic mass is 35.5. The lowest BCUT2D eigenvalue weighted by atomic mass is 9.91. The zero-order valence-electron chi connectivity index (χ0n) is 19.3. The molecule has 2 aliphatic rings. The molecule has 2 heterocycles. The quantitative estimate of drug-likeness (QED) is 0.394. The number of fused-ring (bicyclic) bond motifs is 1. The molecule has 1 atom stereocenters. The van der Waals surface area contributed by atoms with Crippen LogP contribution in [0.3, 0.4) is 0 Å². The van der Waals surface area contributed by atoms with E-state index >= 15 is 0 Å². The molecule has 5 rings (SSSR count). The molecule has 0 N–H and O–H groups in total. The first-order valence-corrected chi connectivity index (χ1v) is 12.2. The molecule has 0 spiro atoms. The summed E-state index contributed by atoms with van der Waals surface area (Å²) in [7, 11) is 0. The van der Waals surface area contributed by atoms with Gasteiger partial charge in [0.15, 0.2) is 0 Å². The average molecular weight is 456 g/mol. The summed E-state index contributed by atoms with van der Waals surface area (Å²) in [6.07, 6.45) is 3.54. The topological polar surface area (TPSA) is 18.8 Å². The maximum absolute atomic E-state index is 6.27. The normalized spacial score (nSPS) is 18.5. The number of rotatable bonds is 5. The fraction of sp³-hybridized carbons (Fsp3) is 0.276. The molecule has 1 unspecified atom stereocenters. The number of para-hydroxylation sites is 1. The zero-order chi connectivity index (χ0) is 22.8. The monoisotopic (exact) mass is 455 g/mol.